The van der Waals surface area contributed by atoms with Crippen molar-refractivity contribution < 1.29 is 0 Å². The van der Waals surface area contributed by atoms with E-state index in [1.54, 1.807) is 0 Å². The van der Waals surface area contributed by atoms with Gasteiger partial charge in [-0.25, -0.2) is 0 Å². The molecule has 3 unspecified atom stereocenters. The molecule has 2 rings (SSSR count). The van der Waals surface area contributed by atoms with E-state index in [0.717, 1.165) is 12.6 Å². The maximum absolute atomic E-state index is 3.74. The van der Waals surface area contributed by atoms with E-state index in [4.69, 9.17) is 0 Å². The van der Waals surface area contributed by atoms with Gasteiger partial charge in [-0.1, -0.05) is 37.3 Å². The van der Waals surface area contributed by atoms with Gasteiger partial charge in [-0.05, 0) is 51.8 Å². The summed E-state index contributed by atoms with van der Waals surface area (Å²) in [5.41, 5.74) is 1.42. The van der Waals surface area contributed by atoms with Crippen LogP contribution in [0.15, 0.2) is 30.3 Å². The number of hydrogen-bond acceptors (Lipinski definition) is 2. The van der Waals surface area contributed by atoms with E-state index in [1.165, 1.54) is 31.4 Å². The van der Waals surface area contributed by atoms with Gasteiger partial charge in [0.1, 0.15) is 0 Å². The molecule has 1 saturated heterocycles. The van der Waals surface area contributed by atoms with Crippen LogP contribution < -0.4 is 5.32 Å². The lowest BCUT2D eigenvalue weighted by atomic mass is 9.98. The van der Waals surface area contributed by atoms with Crippen LogP contribution in [0.1, 0.15) is 51.6 Å². The molecule has 1 aliphatic heterocycles. The molecule has 1 fully saturated rings. The van der Waals surface area contributed by atoms with Crippen LogP contribution in [0.2, 0.25) is 0 Å². The average Bonchev–Trinajstić information content (AvgIpc) is 2.86. The monoisotopic (exact) mass is 260 g/mol. The van der Waals surface area contributed by atoms with Crippen molar-refractivity contribution in [2.45, 2.75) is 58.2 Å². The Morgan fingerprint density at radius 1 is 1.32 bits per heavy atom. The number of benzene rings is 1. The van der Waals surface area contributed by atoms with Gasteiger partial charge in [0, 0.05) is 18.1 Å². The van der Waals surface area contributed by atoms with E-state index in [9.17, 15) is 0 Å². The maximum Gasteiger partial charge on any atom is 0.0475 e. The lowest BCUT2D eigenvalue weighted by molar-refractivity contribution is 0.163. The molecule has 1 heterocycles. The van der Waals surface area contributed by atoms with Crippen molar-refractivity contribution in [2.75, 3.05) is 13.1 Å². The topological polar surface area (TPSA) is 15.3 Å². The minimum absolute atomic E-state index is 0.446. The molecular formula is C17H28N2. The van der Waals surface area contributed by atoms with E-state index in [-0.39, 0.29) is 0 Å². The van der Waals surface area contributed by atoms with Gasteiger partial charge in [-0.15, -0.1) is 0 Å². The summed E-state index contributed by atoms with van der Waals surface area (Å²) in [4.78, 5) is 2.67. The van der Waals surface area contributed by atoms with Crippen LogP contribution in [0.4, 0.5) is 0 Å². The van der Waals surface area contributed by atoms with E-state index in [1.807, 2.05) is 0 Å². The standard InChI is InChI=1S/C17H28N2/c1-4-12-18-17(16-10-6-5-7-11-16)15(3)19-13-8-9-14(19)2/h5-7,10-11,14-15,17-18H,4,8-9,12-13H2,1-3H3. The molecule has 3 atom stereocenters. The Kier molecular flexibility index (Phi) is 5.41. The predicted molar refractivity (Wildman–Crippen MR) is 82.3 cm³/mol. The van der Waals surface area contributed by atoms with Crippen LogP contribution >= 0.6 is 0 Å². The average molecular weight is 260 g/mol. The summed E-state index contributed by atoms with van der Waals surface area (Å²) in [6.45, 7) is 9.32. The quantitative estimate of drug-likeness (QED) is 0.840. The fraction of sp³-hybridized carbons (Fsp3) is 0.647. The number of likely N-dealkylation sites (tertiary alicyclic amines) is 1. The molecule has 2 nitrogen and oxygen atoms in total. The summed E-state index contributed by atoms with van der Waals surface area (Å²) in [5, 5.41) is 3.74. The van der Waals surface area contributed by atoms with E-state index >= 15 is 0 Å². The van der Waals surface area contributed by atoms with Crippen molar-refractivity contribution in [1.82, 2.24) is 10.2 Å². The summed E-state index contributed by atoms with van der Waals surface area (Å²) in [7, 11) is 0. The zero-order chi connectivity index (χ0) is 13.7. The largest absolute Gasteiger partial charge is 0.309 e. The second kappa shape index (κ2) is 7.06. The second-order valence-corrected chi connectivity index (χ2v) is 5.81. The molecule has 0 bridgehead atoms. The smallest absolute Gasteiger partial charge is 0.0475 e. The summed E-state index contributed by atoms with van der Waals surface area (Å²) in [6.07, 6.45) is 3.88. The zero-order valence-corrected chi connectivity index (χ0v) is 12.6. The van der Waals surface area contributed by atoms with Gasteiger partial charge in [-0.2, -0.15) is 0 Å². The van der Waals surface area contributed by atoms with Gasteiger partial charge in [0.2, 0.25) is 0 Å². The third-order valence-electron chi connectivity index (χ3n) is 4.38. The first-order valence-corrected chi connectivity index (χ1v) is 7.78. The Labute approximate surface area is 118 Å². The SMILES string of the molecule is CCCNC(c1ccccc1)C(C)N1CCCC1C. The van der Waals surface area contributed by atoms with Gasteiger partial charge in [0.15, 0.2) is 0 Å². The fourth-order valence-electron chi connectivity index (χ4n) is 3.28. The highest BCUT2D eigenvalue weighted by Gasteiger charge is 2.30. The molecule has 0 amide bonds. The van der Waals surface area contributed by atoms with Crippen molar-refractivity contribution in [3.05, 3.63) is 35.9 Å². The van der Waals surface area contributed by atoms with Crippen molar-refractivity contribution in [1.29, 1.82) is 0 Å². The molecule has 1 aromatic carbocycles. The van der Waals surface area contributed by atoms with E-state index in [2.05, 4.69) is 61.3 Å². The van der Waals surface area contributed by atoms with Crippen LogP contribution in [0.25, 0.3) is 0 Å². The summed E-state index contributed by atoms with van der Waals surface area (Å²) in [6, 6.07) is 12.6. The number of nitrogens with one attached hydrogen (secondary N) is 1. The first kappa shape index (κ1) is 14.5. The Balaban J connectivity index is 2.12. The first-order chi connectivity index (χ1) is 9.24. The molecule has 106 valence electrons. The highest BCUT2D eigenvalue weighted by molar-refractivity contribution is 5.20. The molecule has 1 N–H and O–H groups in total. The fourth-order valence-corrected chi connectivity index (χ4v) is 3.28. The third kappa shape index (κ3) is 3.58. The van der Waals surface area contributed by atoms with E-state index < -0.39 is 0 Å². The molecule has 0 aliphatic carbocycles. The minimum Gasteiger partial charge on any atom is -0.309 e. The van der Waals surface area contributed by atoms with Crippen LogP contribution in [0, 0.1) is 0 Å². The molecule has 0 saturated carbocycles. The van der Waals surface area contributed by atoms with Gasteiger partial charge in [-0.3, -0.25) is 4.90 Å². The summed E-state index contributed by atoms with van der Waals surface area (Å²) >= 11 is 0. The zero-order valence-electron chi connectivity index (χ0n) is 12.6. The highest BCUT2D eigenvalue weighted by Crippen LogP contribution is 2.27. The molecule has 19 heavy (non-hydrogen) atoms. The summed E-state index contributed by atoms with van der Waals surface area (Å²) in [5.74, 6) is 0. The second-order valence-electron chi connectivity index (χ2n) is 5.81. The first-order valence-electron chi connectivity index (χ1n) is 7.78. The van der Waals surface area contributed by atoms with Crippen LogP contribution in [0.5, 0.6) is 0 Å². The number of rotatable bonds is 6. The van der Waals surface area contributed by atoms with E-state index in [0.29, 0.717) is 12.1 Å². The number of nitrogens with zero attached hydrogens (tertiary/aromatic N) is 1. The predicted octanol–water partition coefficient (Wildman–Crippen LogP) is 3.60. The van der Waals surface area contributed by atoms with Crippen LogP contribution in [-0.2, 0) is 0 Å². The summed E-state index contributed by atoms with van der Waals surface area (Å²) < 4.78 is 0. The van der Waals surface area contributed by atoms with Crippen LogP contribution in [0.3, 0.4) is 0 Å². The van der Waals surface area contributed by atoms with Crippen molar-refractivity contribution in [3.8, 4) is 0 Å². The lowest BCUT2D eigenvalue weighted by Crippen LogP contribution is -2.44. The van der Waals surface area contributed by atoms with Crippen molar-refractivity contribution >= 4 is 0 Å². The van der Waals surface area contributed by atoms with Crippen molar-refractivity contribution in [2.24, 2.45) is 0 Å². The Morgan fingerprint density at radius 3 is 2.63 bits per heavy atom. The Morgan fingerprint density at radius 2 is 2.05 bits per heavy atom. The minimum atomic E-state index is 0.446. The molecule has 0 aromatic heterocycles. The van der Waals surface area contributed by atoms with Gasteiger partial charge >= 0.3 is 0 Å². The Hall–Kier alpha value is -0.860. The van der Waals surface area contributed by atoms with Crippen LogP contribution in [-0.4, -0.2) is 30.1 Å². The normalized spacial score (nSPS) is 23.4. The van der Waals surface area contributed by atoms with Gasteiger partial charge in [0.25, 0.3) is 0 Å². The highest BCUT2D eigenvalue weighted by atomic mass is 15.2. The van der Waals surface area contributed by atoms with Crippen molar-refractivity contribution in [3.63, 3.8) is 0 Å². The molecule has 2 heteroatoms. The van der Waals surface area contributed by atoms with Gasteiger partial charge < -0.3 is 5.32 Å². The van der Waals surface area contributed by atoms with Gasteiger partial charge in [0.05, 0.1) is 0 Å². The lowest BCUT2D eigenvalue weighted by Gasteiger charge is -2.35. The molecule has 1 aliphatic rings. The molecular weight excluding hydrogens is 232 g/mol. The third-order valence-corrected chi connectivity index (χ3v) is 4.38. The number of hydrogen-bond donors (Lipinski definition) is 1. The molecule has 0 spiro atoms. The molecule has 1 aromatic rings. The Bertz CT molecular complexity index is 363. The molecule has 0 radical (unpaired) electrons. The maximum atomic E-state index is 3.74.